The largest absolute Gasteiger partial charge is 0.395 e. The Labute approximate surface area is 116 Å². The van der Waals surface area contributed by atoms with Crippen LogP contribution < -0.4 is 11.1 Å². The zero-order valence-electron chi connectivity index (χ0n) is 11.8. The number of nitrogen functional groups attached to an aromatic ring is 1. The summed E-state index contributed by atoms with van der Waals surface area (Å²) in [4.78, 5) is 16.2. The van der Waals surface area contributed by atoms with E-state index in [2.05, 4.69) is 20.6 Å². The lowest BCUT2D eigenvalue weighted by Crippen LogP contribution is -2.28. The Morgan fingerprint density at radius 2 is 2.25 bits per heavy atom. The number of nitrogens with two attached hydrogens (primary N) is 1. The number of hydrogen-bond acceptors (Lipinski definition) is 6. The van der Waals surface area contributed by atoms with Crippen molar-refractivity contribution in [3.63, 3.8) is 0 Å². The third-order valence-corrected chi connectivity index (χ3v) is 2.91. The molecule has 0 bridgehead atoms. The first-order valence-corrected chi connectivity index (χ1v) is 6.41. The van der Waals surface area contributed by atoms with Gasteiger partial charge in [0.2, 0.25) is 5.89 Å². The lowest BCUT2D eigenvalue weighted by Gasteiger charge is -2.04. The molecule has 0 aliphatic heterocycles. The van der Waals surface area contributed by atoms with E-state index in [-0.39, 0.29) is 5.91 Å². The predicted molar refractivity (Wildman–Crippen MR) is 72.1 cm³/mol. The molecule has 2 rings (SSSR count). The summed E-state index contributed by atoms with van der Waals surface area (Å²) < 4.78 is 6.36. The first-order chi connectivity index (χ1) is 9.52. The van der Waals surface area contributed by atoms with Crippen molar-refractivity contribution < 1.29 is 9.32 Å². The molecule has 0 atom stereocenters. The molecule has 0 aliphatic rings. The van der Waals surface area contributed by atoms with E-state index >= 15 is 0 Å². The molecule has 20 heavy (non-hydrogen) atoms. The van der Waals surface area contributed by atoms with Crippen LogP contribution in [0.25, 0.3) is 0 Å². The van der Waals surface area contributed by atoms with Crippen molar-refractivity contribution in [2.24, 2.45) is 7.05 Å². The highest BCUT2D eigenvalue weighted by atomic mass is 16.5. The van der Waals surface area contributed by atoms with Gasteiger partial charge in [-0.1, -0.05) is 12.1 Å². The Bertz CT molecular complexity index is 615. The number of carbonyl (C=O) groups excluding carboxylic acids is 1. The van der Waals surface area contributed by atoms with Crippen molar-refractivity contribution >= 4 is 11.6 Å². The molecule has 108 valence electrons. The van der Waals surface area contributed by atoms with Crippen LogP contribution in [0.2, 0.25) is 0 Å². The SMILES string of the molecule is CCc1nn(C)c(C(=O)NCCc2noc(C)n2)c1N. The second-order valence-electron chi connectivity index (χ2n) is 4.42. The monoisotopic (exact) mass is 278 g/mol. The number of nitrogens with one attached hydrogen (secondary N) is 1. The molecular weight excluding hydrogens is 260 g/mol. The van der Waals surface area contributed by atoms with Crippen molar-refractivity contribution in [2.45, 2.75) is 26.7 Å². The molecule has 0 aliphatic carbocycles. The number of hydrogen-bond donors (Lipinski definition) is 2. The molecule has 0 radical (unpaired) electrons. The Balaban J connectivity index is 1.97. The molecule has 1 amide bonds. The summed E-state index contributed by atoms with van der Waals surface area (Å²) in [7, 11) is 1.70. The van der Waals surface area contributed by atoms with Gasteiger partial charge in [-0.05, 0) is 6.42 Å². The van der Waals surface area contributed by atoms with Gasteiger partial charge in [0, 0.05) is 26.9 Å². The summed E-state index contributed by atoms with van der Waals surface area (Å²) in [6.07, 6.45) is 1.19. The van der Waals surface area contributed by atoms with Gasteiger partial charge in [-0.2, -0.15) is 10.1 Å². The van der Waals surface area contributed by atoms with Gasteiger partial charge in [0.1, 0.15) is 5.69 Å². The first kappa shape index (κ1) is 14.0. The third kappa shape index (κ3) is 2.79. The smallest absolute Gasteiger partial charge is 0.271 e. The van der Waals surface area contributed by atoms with Crippen molar-refractivity contribution in [1.29, 1.82) is 0 Å². The number of aromatic nitrogens is 4. The molecule has 0 unspecified atom stereocenters. The van der Waals surface area contributed by atoms with Crippen LogP contribution in [0.1, 0.15) is 34.8 Å². The molecule has 3 N–H and O–H groups in total. The van der Waals surface area contributed by atoms with E-state index in [4.69, 9.17) is 10.3 Å². The standard InChI is InChI=1S/C12H18N6O2/c1-4-8-10(13)11(18(3)16-8)12(19)14-6-5-9-15-7(2)20-17-9/h4-6,13H2,1-3H3,(H,14,19). The fraction of sp³-hybridized carbons (Fsp3) is 0.500. The van der Waals surface area contributed by atoms with Crippen molar-refractivity contribution in [3.8, 4) is 0 Å². The van der Waals surface area contributed by atoms with Crippen molar-refractivity contribution in [2.75, 3.05) is 12.3 Å². The Morgan fingerprint density at radius 1 is 1.50 bits per heavy atom. The van der Waals surface area contributed by atoms with Gasteiger partial charge >= 0.3 is 0 Å². The average Bonchev–Trinajstić information content (AvgIpc) is 2.93. The van der Waals surface area contributed by atoms with E-state index in [1.807, 2.05) is 6.92 Å². The maximum atomic E-state index is 12.1. The summed E-state index contributed by atoms with van der Waals surface area (Å²) in [6.45, 7) is 4.07. The number of anilines is 1. The maximum Gasteiger partial charge on any atom is 0.271 e. The molecule has 2 aromatic heterocycles. The Kier molecular flexibility index (Phi) is 4.02. The number of amides is 1. The summed E-state index contributed by atoms with van der Waals surface area (Å²) in [5.41, 5.74) is 7.46. The highest BCUT2D eigenvalue weighted by Gasteiger charge is 2.18. The van der Waals surface area contributed by atoms with Crippen LogP contribution in [-0.4, -0.2) is 32.4 Å². The summed E-state index contributed by atoms with van der Waals surface area (Å²) in [5.74, 6) is 0.822. The number of carbonyl (C=O) groups is 1. The molecule has 2 heterocycles. The second kappa shape index (κ2) is 5.72. The predicted octanol–water partition coefficient (Wildman–Crippen LogP) is 0.229. The molecule has 0 aromatic carbocycles. The van der Waals surface area contributed by atoms with E-state index in [1.165, 1.54) is 4.68 Å². The molecular formula is C12H18N6O2. The van der Waals surface area contributed by atoms with Gasteiger partial charge in [0.05, 0.1) is 11.4 Å². The highest BCUT2D eigenvalue weighted by molar-refractivity contribution is 5.97. The van der Waals surface area contributed by atoms with Gasteiger partial charge in [-0.15, -0.1) is 0 Å². The van der Waals surface area contributed by atoms with Crippen molar-refractivity contribution in [1.82, 2.24) is 25.2 Å². The molecule has 0 fully saturated rings. The molecule has 0 saturated heterocycles. The fourth-order valence-corrected chi connectivity index (χ4v) is 1.94. The third-order valence-electron chi connectivity index (χ3n) is 2.91. The number of aryl methyl sites for hydroxylation is 3. The van der Waals surface area contributed by atoms with Crippen LogP contribution in [0, 0.1) is 6.92 Å². The normalized spacial score (nSPS) is 10.8. The molecule has 0 saturated carbocycles. The quantitative estimate of drug-likeness (QED) is 0.809. The molecule has 8 heteroatoms. The second-order valence-corrected chi connectivity index (χ2v) is 4.42. The minimum absolute atomic E-state index is 0.252. The van der Waals surface area contributed by atoms with Gasteiger partial charge in [0.25, 0.3) is 5.91 Å². The van der Waals surface area contributed by atoms with Gasteiger partial charge in [0.15, 0.2) is 5.82 Å². The fourth-order valence-electron chi connectivity index (χ4n) is 1.94. The van der Waals surface area contributed by atoms with Crippen LogP contribution in [0.15, 0.2) is 4.52 Å². The van der Waals surface area contributed by atoms with E-state index in [9.17, 15) is 4.79 Å². The topological polar surface area (TPSA) is 112 Å². The Morgan fingerprint density at radius 3 is 2.80 bits per heavy atom. The molecule has 2 aromatic rings. The van der Waals surface area contributed by atoms with Gasteiger partial charge in [-0.25, -0.2) is 0 Å². The summed E-state index contributed by atoms with van der Waals surface area (Å²) >= 11 is 0. The lowest BCUT2D eigenvalue weighted by molar-refractivity contribution is 0.0945. The van der Waals surface area contributed by atoms with E-state index in [0.717, 1.165) is 5.69 Å². The van der Waals surface area contributed by atoms with Gasteiger partial charge in [-0.3, -0.25) is 9.48 Å². The number of rotatable bonds is 5. The average molecular weight is 278 g/mol. The van der Waals surface area contributed by atoms with E-state index in [1.54, 1.807) is 14.0 Å². The van der Waals surface area contributed by atoms with Crippen molar-refractivity contribution in [3.05, 3.63) is 23.1 Å². The molecule has 8 nitrogen and oxygen atoms in total. The van der Waals surface area contributed by atoms with Crippen LogP contribution in [0.4, 0.5) is 5.69 Å². The van der Waals surface area contributed by atoms with Gasteiger partial charge < -0.3 is 15.6 Å². The summed E-state index contributed by atoms with van der Waals surface area (Å²) in [6, 6.07) is 0. The zero-order valence-corrected chi connectivity index (χ0v) is 11.8. The minimum Gasteiger partial charge on any atom is -0.395 e. The highest BCUT2D eigenvalue weighted by Crippen LogP contribution is 2.16. The van der Waals surface area contributed by atoms with E-state index < -0.39 is 0 Å². The summed E-state index contributed by atoms with van der Waals surface area (Å²) in [5, 5.41) is 10.7. The Hall–Kier alpha value is -2.38. The van der Waals surface area contributed by atoms with Crippen LogP contribution in [0.5, 0.6) is 0 Å². The molecule has 0 spiro atoms. The lowest BCUT2D eigenvalue weighted by atomic mass is 10.2. The van der Waals surface area contributed by atoms with Crippen LogP contribution >= 0.6 is 0 Å². The zero-order chi connectivity index (χ0) is 14.7. The maximum absolute atomic E-state index is 12.1. The van der Waals surface area contributed by atoms with E-state index in [0.29, 0.717) is 42.5 Å². The first-order valence-electron chi connectivity index (χ1n) is 6.41. The minimum atomic E-state index is -0.252. The van der Waals surface area contributed by atoms with Crippen LogP contribution in [-0.2, 0) is 19.9 Å². The van der Waals surface area contributed by atoms with Crippen LogP contribution in [0.3, 0.4) is 0 Å². The number of nitrogens with zero attached hydrogens (tertiary/aromatic N) is 4.